The number of rotatable bonds is 22. The van der Waals surface area contributed by atoms with Gasteiger partial charge in [0.1, 0.15) is 23.0 Å². The van der Waals surface area contributed by atoms with Gasteiger partial charge in [-0.3, -0.25) is 19.4 Å². The molecule has 0 radical (unpaired) electrons. The van der Waals surface area contributed by atoms with Gasteiger partial charge >= 0.3 is 12.1 Å². The normalized spacial score (nSPS) is 12.5. The van der Waals surface area contributed by atoms with E-state index in [0.29, 0.717) is 42.1 Å². The summed E-state index contributed by atoms with van der Waals surface area (Å²) in [5, 5.41) is 19.2. The fraction of sp³-hybridized carbons (Fsp3) is 0.447. The van der Waals surface area contributed by atoms with Gasteiger partial charge in [-0.2, -0.15) is 4.98 Å². The van der Waals surface area contributed by atoms with Crippen LogP contribution in [0.4, 0.5) is 22.2 Å². The molecule has 6 aromatic rings. The molecule has 21 nitrogen and oxygen atoms in total. The summed E-state index contributed by atoms with van der Waals surface area (Å²) in [5.74, 6) is -1.26. The van der Waals surface area contributed by atoms with Gasteiger partial charge in [-0.25, -0.2) is 29.5 Å². The summed E-state index contributed by atoms with van der Waals surface area (Å²) < 4.78 is 19.6. The van der Waals surface area contributed by atoms with Crippen LogP contribution in [0.5, 0.6) is 0 Å². The lowest BCUT2D eigenvalue weighted by Crippen LogP contribution is -2.49. The van der Waals surface area contributed by atoms with E-state index >= 15 is 0 Å². The highest BCUT2D eigenvalue weighted by molar-refractivity contribution is 6.06. The number of aryl methyl sites for hydroxylation is 1. The molecule has 362 valence electrons. The molecule has 68 heavy (non-hydrogen) atoms. The summed E-state index contributed by atoms with van der Waals surface area (Å²) >= 11 is 0. The van der Waals surface area contributed by atoms with Crippen LogP contribution in [0.3, 0.4) is 0 Å². The van der Waals surface area contributed by atoms with Crippen LogP contribution in [0, 0.1) is 0 Å². The number of carboxylic acids is 1. The molecule has 4 heterocycles. The fourth-order valence-corrected chi connectivity index (χ4v) is 7.34. The van der Waals surface area contributed by atoms with Gasteiger partial charge in [0.15, 0.2) is 17.0 Å². The molecule has 0 bridgehead atoms. The van der Waals surface area contributed by atoms with Crippen LogP contribution in [0.2, 0.25) is 0 Å². The number of nitrogens with zero attached hydrogens (tertiary/aromatic N) is 6. The molecule has 0 aliphatic heterocycles. The van der Waals surface area contributed by atoms with E-state index in [1.54, 1.807) is 26.0 Å². The number of nitrogens with two attached hydrogens (primary N) is 2. The molecule has 2 amide bonds. The highest BCUT2D eigenvalue weighted by atomic mass is 16.7. The maximum Gasteiger partial charge on any atom is 0.508 e. The molecule has 1 unspecified atom stereocenters. The minimum atomic E-state index is -1.34. The lowest BCUT2D eigenvalue weighted by atomic mass is 10.0. The third kappa shape index (κ3) is 13.1. The van der Waals surface area contributed by atoms with Gasteiger partial charge in [0.05, 0.1) is 60.4 Å². The summed E-state index contributed by atoms with van der Waals surface area (Å²) in [6.07, 6.45) is 3.19. The van der Waals surface area contributed by atoms with Crippen molar-refractivity contribution < 1.29 is 38.5 Å². The highest BCUT2D eigenvalue weighted by Crippen LogP contribution is 2.31. The predicted octanol–water partition coefficient (Wildman–Crippen LogP) is 5.41. The monoisotopic (exact) mass is 936 g/mol. The number of unbranched alkanes of at least 4 members (excludes halogenated alkanes) is 1. The molecule has 0 spiro atoms. The number of pyridine rings is 1. The second-order valence-corrected chi connectivity index (χ2v) is 18.4. The van der Waals surface area contributed by atoms with Crippen molar-refractivity contribution in [3.63, 3.8) is 0 Å². The number of hydrogen-bond donors (Lipinski definition) is 7. The molecule has 9 N–H and O–H groups in total. The van der Waals surface area contributed by atoms with Gasteiger partial charge in [0, 0.05) is 35.9 Å². The summed E-state index contributed by atoms with van der Waals surface area (Å²) in [7, 11) is 0. The Labute approximate surface area is 392 Å². The first-order valence-electron chi connectivity index (χ1n) is 22.4. The second kappa shape index (κ2) is 21.0. The lowest BCUT2D eigenvalue weighted by Gasteiger charge is -2.33. The number of carbonyl (C=O) groups is 4. The Bertz CT molecular complexity index is 2860. The lowest BCUT2D eigenvalue weighted by molar-refractivity contribution is -0.139. The van der Waals surface area contributed by atoms with E-state index in [-0.39, 0.29) is 55.3 Å². The Morgan fingerprint density at radius 3 is 2.38 bits per heavy atom. The molecule has 0 aliphatic rings. The van der Waals surface area contributed by atoms with E-state index in [0.717, 1.165) is 35.1 Å². The second-order valence-electron chi connectivity index (χ2n) is 18.4. The molecule has 0 fully saturated rings. The van der Waals surface area contributed by atoms with Gasteiger partial charge < -0.3 is 51.3 Å². The van der Waals surface area contributed by atoms with E-state index in [2.05, 4.69) is 52.4 Å². The largest absolute Gasteiger partial charge is 0.508 e. The van der Waals surface area contributed by atoms with Crippen LogP contribution < -0.4 is 33.0 Å². The number of nitrogens with one attached hydrogen (secondary N) is 4. The minimum absolute atomic E-state index is 0.00152. The summed E-state index contributed by atoms with van der Waals surface area (Å²) in [4.78, 5) is 87.5. The number of H-pyrrole nitrogens is 1. The SMILES string of the molecule is CCCCc1nc2c(N)nc3ccccc3c2n1CC(C)(C)OC(=O)OCCC(C)(C)OCC(C)(C)NC(=O)CCC(NC(=O)c1ccc(NCc2cnc3nc(N)[nH]c(=O)c3n2)cc1)C(=O)O. The molecule has 4 aromatic heterocycles. The minimum Gasteiger partial charge on any atom is -0.480 e. The molecule has 2 aromatic carbocycles. The van der Waals surface area contributed by atoms with Crippen LogP contribution in [0.1, 0.15) is 102 Å². The predicted molar refractivity (Wildman–Crippen MR) is 256 cm³/mol. The van der Waals surface area contributed by atoms with E-state index in [4.69, 9.17) is 30.7 Å². The Hall–Kier alpha value is -7.42. The van der Waals surface area contributed by atoms with Gasteiger partial charge in [-0.1, -0.05) is 31.5 Å². The van der Waals surface area contributed by atoms with Gasteiger partial charge in [-0.05, 0) is 84.7 Å². The first-order valence-corrected chi connectivity index (χ1v) is 22.4. The zero-order valence-electron chi connectivity index (χ0n) is 39.4. The number of fused-ring (bicyclic) bond motifs is 4. The van der Waals surface area contributed by atoms with Crippen LogP contribution in [0.15, 0.2) is 59.5 Å². The zero-order valence-corrected chi connectivity index (χ0v) is 39.4. The van der Waals surface area contributed by atoms with E-state index in [1.807, 2.05) is 52.0 Å². The number of para-hydroxylation sites is 1. The number of amides is 2. The van der Waals surface area contributed by atoms with E-state index < -0.39 is 52.3 Å². The Balaban J connectivity index is 0.927. The van der Waals surface area contributed by atoms with Crippen molar-refractivity contribution in [1.29, 1.82) is 0 Å². The smallest absolute Gasteiger partial charge is 0.480 e. The molecule has 0 saturated carbocycles. The number of nitrogen functional groups attached to an aromatic ring is 2. The Morgan fingerprint density at radius 1 is 0.926 bits per heavy atom. The van der Waals surface area contributed by atoms with Crippen molar-refractivity contribution in [2.75, 3.05) is 30.0 Å². The number of carboxylic acid groups (broad SMARTS) is 1. The van der Waals surface area contributed by atoms with Crippen molar-refractivity contribution in [1.82, 2.24) is 45.1 Å². The number of benzene rings is 2. The van der Waals surface area contributed by atoms with Gasteiger partial charge in [0.2, 0.25) is 11.9 Å². The summed E-state index contributed by atoms with van der Waals surface area (Å²) in [6.45, 7) is 13.5. The summed E-state index contributed by atoms with van der Waals surface area (Å²) in [6, 6.07) is 12.7. The molecule has 0 aliphatic carbocycles. The number of aromatic nitrogens is 7. The van der Waals surface area contributed by atoms with Crippen molar-refractivity contribution in [2.24, 2.45) is 0 Å². The molecular formula is C47H60N12O9. The Morgan fingerprint density at radius 2 is 1.66 bits per heavy atom. The highest BCUT2D eigenvalue weighted by Gasteiger charge is 2.31. The van der Waals surface area contributed by atoms with Crippen molar-refractivity contribution in [2.45, 2.75) is 123 Å². The molecule has 6 rings (SSSR count). The first-order chi connectivity index (χ1) is 32.1. The number of hydrogen-bond acceptors (Lipinski definition) is 16. The standard InChI is InChI=1S/C47H60N12O9/c1-8-9-14-33-55-35-37(30-12-10-11-13-31(30)53-38(35)48)59(33)25-47(6,7)68-44(65)66-22-21-46(4,5)67-26-45(2,3)58-34(60)20-19-32(42(63)64)54-40(61)27-15-17-28(18-16-27)50-23-29-24-51-39-36(52-29)41(62)57-43(49)56-39/h10-13,15-18,24,32,50H,8-9,14,19-23,25-26H2,1-7H3,(H2,48,53)(H,54,61)(H,58,60)(H,63,64)(H3,49,51,56,57,62). The average molecular weight is 937 g/mol. The maximum absolute atomic E-state index is 13.0. The zero-order chi connectivity index (χ0) is 49.4. The van der Waals surface area contributed by atoms with Crippen molar-refractivity contribution in [3.05, 3.63) is 82.2 Å². The topological polar surface area (TPSA) is 307 Å². The van der Waals surface area contributed by atoms with E-state index in [1.165, 1.54) is 18.3 Å². The van der Waals surface area contributed by atoms with Gasteiger partial charge in [-0.15, -0.1) is 0 Å². The first kappa shape index (κ1) is 50.0. The van der Waals surface area contributed by atoms with Crippen molar-refractivity contribution in [3.8, 4) is 0 Å². The number of imidazole rings is 1. The number of aliphatic carboxylic acids is 1. The van der Waals surface area contributed by atoms with E-state index in [9.17, 15) is 29.1 Å². The molecular weight excluding hydrogens is 877 g/mol. The summed E-state index contributed by atoms with van der Waals surface area (Å²) in [5.41, 5.74) is 12.4. The Kier molecular flexibility index (Phi) is 15.5. The average Bonchev–Trinajstić information content (AvgIpc) is 3.63. The quantitative estimate of drug-likeness (QED) is 0.0419. The third-order valence-corrected chi connectivity index (χ3v) is 10.9. The van der Waals surface area contributed by atoms with Crippen LogP contribution in [-0.4, -0.2) is 99.5 Å². The number of anilines is 3. The molecule has 0 saturated heterocycles. The van der Waals surface area contributed by atoms with Crippen molar-refractivity contribution >= 4 is 74.5 Å². The van der Waals surface area contributed by atoms with Crippen LogP contribution >= 0.6 is 0 Å². The van der Waals surface area contributed by atoms with Crippen LogP contribution in [-0.2, 0) is 43.3 Å². The fourth-order valence-electron chi connectivity index (χ4n) is 7.34. The maximum atomic E-state index is 13.0. The number of ether oxygens (including phenoxy) is 3. The number of carbonyl (C=O) groups excluding carboxylic acids is 3. The molecule has 21 heteroatoms. The third-order valence-electron chi connectivity index (χ3n) is 10.9. The van der Waals surface area contributed by atoms with Gasteiger partial charge in [0.25, 0.3) is 11.5 Å². The molecule has 1 atom stereocenters. The van der Waals surface area contributed by atoms with Crippen LogP contribution in [0.25, 0.3) is 33.1 Å². The number of aromatic amines is 1.